The summed E-state index contributed by atoms with van der Waals surface area (Å²) in [6, 6.07) is 10.1. The third-order valence-electron chi connectivity index (χ3n) is 3.93. The van der Waals surface area contributed by atoms with Crippen molar-refractivity contribution < 1.29 is 23.7 Å². The van der Waals surface area contributed by atoms with Gasteiger partial charge in [0.25, 0.3) is 11.6 Å². The monoisotopic (exact) mass is 400 g/mol. The highest BCUT2D eigenvalue weighted by molar-refractivity contribution is 5.91. The van der Waals surface area contributed by atoms with E-state index in [0.717, 1.165) is 10.6 Å². The number of fused-ring (bicyclic) bond motifs is 1. The van der Waals surface area contributed by atoms with E-state index in [9.17, 15) is 24.5 Å². The standard InChI is InChI=1S/C18H16N4O7/c1-19-17(24)10-28-13-4-2-3-11(7-13)20-16(23)9-21-14-6-5-12(22(26)27)8-15(14)29-18(21)25/h2-8H,9-10H2,1H3,(H,19,24)(H,20,23). The number of likely N-dealkylation sites (N-methyl/N-ethyl adjacent to an activating group) is 1. The molecule has 2 aromatic carbocycles. The second kappa shape index (κ2) is 8.25. The van der Waals surface area contributed by atoms with Crippen molar-refractivity contribution >= 4 is 34.3 Å². The summed E-state index contributed by atoms with van der Waals surface area (Å²) in [5.41, 5.74) is 0.456. The molecule has 0 aliphatic heterocycles. The number of benzene rings is 2. The fourth-order valence-electron chi connectivity index (χ4n) is 2.55. The van der Waals surface area contributed by atoms with Crippen LogP contribution in [0.15, 0.2) is 51.7 Å². The van der Waals surface area contributed by atoms with E-state index >= 15 is 0 Å². The number of rotatable bonds is 7. The second-order valence-electron chi connectivity index (χ2n) is 5.90. The molecule has 2 N–H and O–H groups in total. The molecule has 0 spiro atoms. The predicted octanol–water partition coefficient (Wildman–Crippen LogP) is 1.27. The number of ether oxygens (including phenoxy) is 1. The number of nitrogens with zero attached hydrogens (tertiary/aromatic N) is 2. The zero-order valence-corrected chi connectivity index (χ0v) is 15.2. The Morgan fingerprint density at radius 2 is 2.00 bits per heavy atom. The molecule has 1 heterocycles. The topological polar surface area (TPSA) is 146 Å². The Hall–Kier alpha value is -4.15. The fourth-order valence-corrected chi connectivity index (χ4v) is 2.55. The Kier molecular flexibility index (Phi) is 5.58. The molecule has 0 radical (unpaired) electrons. The molecule has 2 amide bonds. The lowest BCUT2D eigenvalue weighted by molar-refractivity contribution is -0.384. The third kappa shape index (κ3) is 4.58. The van der Waals surface area contributed by atoms with Gasteiger partial charge in [-0.25, -0.2) is 4.79 Å². The van der Waals surface area contributed by atoms with Crippen molar-refractivity contribution in [1.82, 2.24) is 9.88 Å². The molecule has 0 saturated carbocycles. The van der Waals surface area contributed by atoms with E-state index in [1.807, 2.05) is 0 Å². The predicted molar refractivity (Wildman–Crippen MR) is 102 cm³/mol. The molecule has 3 aromatic rings. The summed E-state index contributed by atoms with van der Waals surface area (Å²) in [5.74, 6) is -1.24. The SMILES string of the molecule is CNC(=O)COc1cccc(NC(=O)Cn2c(=O)oc3cc([N+](=O)[O-])ccc32)c1. The molecule has 0 saturated heterocycles. The van der Waals surface area contributed by atoms with Gasteiger partial charge in [0.2, 0.25) is 5.91 Å². The van der Waals surface area contributed by atoms with Crippen molar-refractivity contribution in [3.8, 4) is 5.75 Å². The largest absolute Gasteiger partial charge is 0.484 e. The van der Waals surface area contributed by atoms with Crippen LogP contribution in [0, 0.1) is 10.1 Å². The summed E-state index contributed by atoms with van der Waals surface area (Å²) in [5, 5.41) is 15.9. The highest BCUT2D eigenvalue weighted by Crippen LogP contribution is 2.21. The number of amides is 2. The normalized spacial score (nSPS) is 10.5. The molecule has 0 aliphatic rings. The first kappa shape index (κ1) is 19.6. The molecule has 0 fully saturated rings. The number of carbonyl (C=O) groups is 2. The zero-order valence-electron chi connectivity index (χ0n) is 15.2. The number of oxazole rings is 1. The van der Waals surface area contributed by atoms with Crippen LogP contribution in [0.1, 0.15) is 0 Å². The van der Waals surface area contributed by atoms with Crippen LogP contribution in [-0.2, 0) is 16.1 Å². The average Bonchev–Trinajstić information content (AvgIpc) is 3.00. The lowest BCUT2D eigenvalue weighted by atomic mass is 10.3. The van der Waals surface area contributed by atoms with Crippen LogP contribution in [-0.4, -0.2) is 35.0 Å². The Labute approximate surface area is 163 Å². The zero-order chi connectivity index (χ0) is 21.0. The van der Waals surface area contributed by atoms with Crippen LogP contribution in [0.3, 0.4) is 0 Å². The Morgan fingerprint density at radius 3 is 2.72 bits per heavy atom. The Bertz CT molecular complexity index is 1150. The number of hydrogen-bond acceptors (Lipinski definition) is 7. The molecule has 11 heteroatoms. The molecular formula is C18H16N4O7. The van der Waals surface area contributed by atoms with Gasteiger partial charge in [0.05, 0.1) is 16.5 Å². The number of nitro benzene ring substituents is 1. The summed E-state index contributed by atoms with van der Waals surface area (Å²) < 4.78 is 11.4. The Morgan fingerprint density at radius 1 is 1.21 bits per heavy atom. The van der Waals surface area contributed by atoms with Gasteiger partial charge < -0.3 is 19.8 Å². The van der Waals surface area contributed by atoms with Crippen LogP contribution < -0.4 is 21.1 Å². The van der Waals surface area contributed by atoms with Crippen LogP contribution in [0.4, 0.5) is 11.4 Å². The summed E-state index contributed by atoms with van der Waals surface area (Å²) in [6.45, 7) is -0.524. The van der Waals surface area contributed by atoms with E-state index < -0.39 is 16.6 Å². The maximum Gasteiger partial charge on any atom is 0.420 e. The number of nitro groups is 1. The fraction of sp³-hybridized carbons (Fsp3) is 0.167. The lowest BCUT2D eigenvalue weighted by Gasteiger charge is -2.09. The first-order chi connectivity index (χ1) is 13.9. The van der Waals surface area contributed by atoms with Crippen molar-refractivity contribution in [2.45, 2.75) is 6.54 Å². The molecular weight excluding hydrogens is 384 g/mol. The minimum atomic E-state index is -0.807. The van der Waals surface area contributed by atoms with Gasteiger partial charge in [-0.05, 0) is 18.2 Å². The number of carbonyl (C=O) groups excluding carboxylic acids is 2. The van der Waals surface area contributed by atoms with E-state index in [-0.39, 0.29) is 35.8 Å². The molecule has 29 heavy (non-hydrogen) atoms. The minimum absolute atomic E-state index is 0.0154. The van der Waals surface area contributed by atoms with E-state index in [1.54, 1.807) is 18.2 Å². The maximum atomic E-state index is 12.3. The van der Waals surface area contributed by atoms with Gasteiger partial charge in [-0.15, -0.1) is 0 Å². The van der Waals surface area contributed by atoms with Crippen LogP contribution in [0.25, 0.3) is 11.1 Å². The first-order valence-corrected chi connectivity index (χ1v) is 8.38. The lowest BCUT2D eigenvalue weighted by Crippen LogP contribution is -2.25. The van der Waals surface area contributed by atoms with Crippen LogP contribution in [0.5, 0.6) is 5.75 Å². The van der Waals surface area contributed by atoms with Gasteiger partial charge in [0.1, 0.15) is 12.3 Å². The van der Waals surface area contributed by atoms with Crippen molar-refractivity contribution in [2.24, 2.45) is 0 Å². The van der Waals surface area contributed by atoms with Crippen molar-refractivity contribution in [1.29, 1.82) is 0 Å². The quantitative estimate of drug-likeness (QED) is 0.448. The summed E-state index contributed by atoms with van der Waals surface area (Å²) in [4.78, 5) is 45.8. The highest BCUT2D eigenvalue weighted by atomic mass is 16.6. The van der Waals surface area contributed by atoms with E-state index in [1.165, 1.54) is 25.2 Å². The van der Waals surface area contributed by atoms with Crippen molar-refractivity contribution in [3.63, 3.8) is 0 Å². The van der Waals surface area contributed by atoms with E-state index in [0.29, 0.717) is 11.4 Å². The van der Waals surface area contributed by atoms with Crippen molar-refractivity contribution in [2.75, 3.05) is 19.0 Å². The number of non-ortho nitro benzene ring substituents is 1. The van der Waals surface area contributed by atoms with Gasteiger partial charge in [0.15, 0.2) is 12.2 Å². The molecule has 3 rings (SSSR count). The van der Waals surface area contributed by atoms with E-state index in [2.05, 4.69) is 10.6 Å². The summed E-state index contributed by atoms with van der Waals surface area (Å²) >= 11 is 0. The van der Waals surface area contributed by atoms with Crippen LogP contribution >= 0.6 is 0 Å². The molecule has 0 unspecified atom stereocenters. The third-order valence-corrected chi connectivity index (χ3v) is 3.93. The average molecular weight is 400 g/mol. The molecule has 150 valence electrons. The smallest absolute Gasteiger partial charge is 0.420 e. The first-order valence-electron chi connectivity index (χ1n) is 8.38. The number of anilines is 1. The molecule has 0 aliphatic carbocycles. The van der Waals surface area contributed by atoms with Gasteiger partial charge in [-0.3, -0.25) is 24.3 Å². The second-order valence-corrected chi connectivity index (χ2v) is 5.90. The van der Waals surface area contributed by atoms with Gasteiger partial charge in [-0.2, -0.15) is 0 Å². The molecule has 11 nitrogen and oxygen atoms in total. The number of hydrogen-bond donors (Lipinski definition) is 2. The van der Waals surface area contributed by atoms with Gasteiger partial charge in [0, 0.05) is 24.9 Å². The van der Waals surface area contributed by atoms with E-state index in [4.69, 9.17) is 9.15 Å². The number of nitrogens with one attached hydrogen (secondary N) is 2. The maximum absolute atomic E-state index is 12.3. The molecule has 0 atom stereocenters. The van der Waals surface area contributed by atoms with Gasteiger partial charge >= 0.3 is 5.76 Å². The Balaban J connectivity index is 1.73. The minimum Gasteiger partial charge on any atom is -0.484 e. The molecule has 0 bridgehead atoms. The van der Waals surface area contributed by atoms with Crippen molar-refractivity contribution in [3.05, 3.63) is 63.1 Å². The highest BCUT2D eigenvalue weighted by Gasteiger charge is 2.16. The summed E-state index contributed by atoms with van der Waals surface area (Å²) in [6.07, 6.45) is 0. The van der Waals surface area contributed by atoms with Gasteiger partial charge in [-0.1, -0.05) is 6.07 Å². The van der Waals surface area contributed by atoms with Crippen LogP contribution in [0.2, 0.25) is 0 Å². The number of aromatic nitrogens is 1. The molecule has 1 aromatic heterocycles. The summed E-state index contributed by atoms with van der Waals surface area (Å²) in [7, 11) is 1.49.